The molecule has 2 heterocycles. The number of hydrogen-bond acceptors (Lipinski definition) is 4. The first kappa shape index (κ1) is 13.5. The van der Waals surface area contributed by atoms with Gasteiger partial charge in [0.1, 0.15) is 17.1 Å². The van der Waals surface area contributed by atoms with Gasteiger partial charge in [-0.3, -0.25) is 0 Å². The van der Waals surface area contributed by atoms with E-state index in [0.717, 1.165) is 21.0 Å². The van der Waals surface area contributed by atoms with Gasteiger partial charge in [0.2, 0.25) is 0 Å². The van der Waals surface area contributed by atoms with Crippen LogP contribution in [0.3, 0.4) is 0 Å². The molecule has 0 spiro atoms. The topological polar surface area (TPSA) is 71.2 Å². The summed E-state index contributed by atoms with van der Waals surface area (Å²) in [5.41, 5.74) is 0.792. The zero-order chi connectivity index (χ0) is 13.6. The van der Waals surface area contributed by atoms with Gasteiger partial charge in [0.05, 0.1) is 11.5 Å². The molecular weight excluding hydrogens is 381 g/mol. The molecule has 0 radical (unpaired) electrons. The molecule has 7 heteroatoms. The fourth-order valence-corrected chi connectivity index (χ4v) is 3.97. The van der Waals surface area contributed by atoms with Crippen molar-refractivity contribution in [2.45, 2.75) is 25.0 Å². The molecule has 1 aliphatic rings. The van der Waals surface area contributed by atoms with Gasteiger partial charge < -0.3 is 14.8 Å². The number of nitrogens with zero attached hydrogens (tertiary/aromatic N) is 3. The molecular formula is C12H13ClIN3O2. The van der Waals surface area contributed by atoms with Crippen molar-refractivity contribution in [2.75, 3.05) is 6.61 Å². The Labute approximate surface area is 128 Å². The molecule has 0 aromatic carbocycles. The molecule has 5 nitrogen and oxygen atoms in total. The highest BCUT2D eigenvalue weighted by Gasteiger charge is 2.34. The zero-order valence-electron chi connectivity index (χ0n) is 10.0. The summed E-state index contributed by atoms with van der Waals surface area (Å²) in [6.07, 6.45) is 4.36. The fraction of sp³-hybridized carbons (Fsp3) is 0.500. The van der Waals surface area contributed by atoms with Crippen molar-refractivity contribution in [1.29, 1.82) is 0 Å². The smallest absolute Gasteiger partial charge is 0.146 e. The molecule has 3 rings (SSSR count). The van der Waals surface area contributed by atoms with Crippen molar-refractivity contribution in [3.63, 3.8) is 0 Å². The third kappa shape index (κ3) is 2.24. The molecule has 0 aliphatic heterocycles. The highest BCUT2D eigenvalue weighted by atomic mass is 127. The van der Waals surface area contributed by atoms with Crippen LogP contribution in [0.15, 0.2) is 12.5 Å². The maximum Gasteiger partial charge on any atom is 0.146 e. The maximum absolute atomic E-state index is 9.92. The Morgan fingerprint density at radius 2 is 2.21 bits per heavy atom. The van der Waals surface area contributed by atoms with Gasteiger partial charge in [-0.1, -0.05) is 11.6 Å². The van der Waals surface area contributed by atoms with Crippen molar-refractivity contribution < 1.29 is 10.2 Å². The summed E-state index contributed by atoms with van der Waals surface area (Å²) >= 11 is 8.32. The molecule has 3 unspecified atom stereocenters. The van der Waals surface area contributed by atoms with Crippen LogP contribution in [0.25, 0.3) is 11.0 Å². The Morgan fingerprint density at radius 1 is 1.42 bits per heavy atom. The second-order valence-electron chi connectivity index (χ2n) is 4.88. The van der Waals surface area contributed by atoms with E-state index in [1.807, 2.05) is 10.8 Å². The van der Waals surface area contributed by atoms with Crippen molar-refractivity contribution in [3.8, 4) is 0 Å². The maximum atomic E-state index is 9.92. The highest BCUT2D eigenvalue weighted by Crippen LogP contribution is 2.38. The second-order valence-corrected chi connectivity index (χ2v) is 6.40. The van der Waals surface area contributed by atoms with E-state index < -0.39 is 6.10 Å². The SMILES string of the molecule is OCC1CC(n2cc(I)c3c(Cl)ncnc32)CC1O. The van der Waals surface area contributed by atoms with E-state index in [1.54, 1.807) is 0 Å². The Hall–Kier alpha value is -0.440. The average molecular weight is 394 g/mol. The fourth-order valence-electron chi connectivity index (χ4n) is 2.78. The lowest BCUT2D eigenvalue weighted by atomic mass is 10.1. The molecule has 1 saturated carbocycles. The minimum atomic E-state index is -0.456. The van der Waals surface area contributed by atoms with Crippen LogP contribution in [0.5, 0.6) is 0 Å². The van der Waals surface area contributed by atoms with Gasteiger partial charge in [0.25, 0.3) is 0 Å². The summed E-state index contributed by atoms with van der Waals surface area (Å²) in [6, 6.07) is 0.143. The number of rotatable bonds is 2. The first-order chi connectivity index (χ1) is 9.11. The molecule has 1 fully saturated rings. The van der Waals surface area contributed by atoms with Gasteiger partial charge in [0, 0.05) is 28.3 Å². The minimum absolute atomic E-state index is 0.0176. The molecule has 102 valence electrons. The van der Waals surface area contributed by atoms with E-state index in [0.29, 0.717) is 11.6 Å². The predicted molar refractivity (Wildman–Crippen MR) is 80.1 cm³/mol. The van der Waals surface area contributed by atoms with Gasteiger partial charge in [-0.2, -0.15) is 0 Å². The first-order valence-corrected chi connectivity index (χ1v) is 7.53. The Kier molecular flexibility index (Phi) is 3.67. The molecule has 19 heavy (non-hydrogen) atoms. The average Bonchev–Trinajstić information content (AvgIpc) is 2.91. The lowest BCUT2D eigenvalue weighted by molar-refractivity contribution is 0.0906. The second kappa shape index (κ2) is 5.16. The number of hydrogen-bond donors (Lipinski definition) is 2. The summed E-state index contributed by atoms with van der Waals surface area (Å²) in [5, 5.41) is 20.5. The standard InChI is InChI=1S/C12H13ClIN3O2/c13-11-10-8(14)3-17(12(10)16-5-15-11)7-1-6(4-18)9(19)2-7/h3,5-7,9,18-19H,1-2,4H2. The molecule has 0 amide bonds. The van der Waals surface area contributed by atoms with Gasteiger partial charge >= 0.3 is 0 Å². The van der Waals surface area contributed by atoms with Gasteiger partial charge in [-0.15, -0.1) is 0 Å². The lowest BCUT2D eigenvalue weighted by Gasteiger charge is -2.12. The van der Waals surface area contributed by atoms with E-state index in [-0.39, 0.29) is 18.6 Å². The number of aromatic nitrogens is 3. The number of fused-ring (bicyclic) bond motifs is 1. The van der Waals surface area contributed by atoms with E-state index in [2.05, 4.69) is 32.6 Å². The highest BCUT2D eigenvalue weighted by molar-refractivity contribution is 14.1. The normalized spacial score (nSPS) is 27.3. The van der Waals surface area contributed by atoms with Crippen LogP contribution in [0.4, 0.5) is 0 Å². The van der Waals surface area contributed by atoms with Crippen molar-refractivity contribution in [3.05, 3.63) is 21.2 Å². The summed E-state index contributed by atoms with van der Waals surface area (Å²) < 4.78 is 3.05. The third-order valence-corrected chi connectivity index (χ3v) is 4.88. The number of halogens is 2. The third-order valence-electron chi connectivity index (χ3n) is 3.78. The Bertz CT molecular complexity index is 618. The van der Waals surface area contributed by atoms with E-state index in [1.165, 1.54) is 6.33 Å². The summed E-state index contributed by atoms with van der Waals surface area (Å²) in [4.78, 5) is 8.30. The first-order valence-electron chi connectivity index (χ1n) is 6.07. The van der Waals surface area contributed by atoms with Crippen LogP contribution >= 0.6 is 34.2 Å². The van der Waals surface area contributed by atoms with Crippen LogP contribution in [-0.2, 0) is 0 Å². The monoisotopic (exact) mass is 393 g/mol. The van der Waals surface area contributed by atoms with Crippen LogP contribution in [0.1, 0.15) is 18.9 Å². The van der Waals surface area contributed by atoms with Crippen molar-refractivity contribution in [1.82, 2.24) is 14.5 Å². The molecule has 3 atom stereocenters. The van der Waals surface area contributed by atoms with Crippen LogP contribution < -0.4 is 0 Å². The van der Waals surface area contributed by atoms with Crippen molar-refractivity contribution in [2.24, 2.45) is 5.92 Å². The molecule has 2 aromatic heterocycles. The Balaban J connectivity index is 2.05. The zero-order valence-corrected chi connectivity index (χ0v) is 12.9. The van der Waals surface area contributed by atoms with E-state index >= 15 is 0 Å². The Morgan fingerprint density at radius 3 is 2.89 bits per heavy atom. The van der Waals surface area contributed by atoms with Crippen LogP contribution in [0, 0.1) is 9.49 Å². The lowest BCUT2D eigenvalue weighted by Crippen LogP contribution is -2.16. The van der Waals surface area contributed by atoms with Crippen LogP contribution in [0.2, 0.25) is 5.15 Å². The van der Waals surface area contributed by atoms with Gasteiger partial charge in [0.15, 0.2) is 0 Å². The summed E-state index contributed by atoms with van der Waals surface area (Å²) in [6.45, 7) is 0.0176. The minimum Gasteiger partial charge on any atom is -0.396 e. The largest absolute Gasteiger partial charge is 0.396 e. The van der Waals surface area contributed by atoms with Gasteiger partial charge in [-0.05, 0) is 35.4 Å². The van der Waals surface area contributed by atoms with E-state index in [9.17, 15) is 10.2 Å². The number of aliphatic hydroxyl groups is 2. The van der Waals surface area contributed by atoms with Gasteiger partial charge in [-0.25, -0.2) is 9.97 Å². The predicted octanol–water partition coefficient (Wildman–Crippen LogP) is 1.99. The number of aliphatic hydroxyl groups excluding tert-OH is 2. The van der Waals surface area contributed by atoms with Crippen molar-refractivity contribution >= 4 is 45.2 Å². The summed E-state index contributed by atoms with van der Waals surface area (Å²) in [5.74, 6) is -0.0579. The summed E-state index contributed by atoms with van der Waals surface area (Å²) in [7, 11) is 0. The molecule has 2 N–H and O–H groups in total. The molecule has 1 aliphatic carbocycles. The molecule has 0 bridgehead atoms. The quantitative estimate of drug-likeness (QED) is 0.605. The van der Waals surface area contributed by atoms with Crippen LogP contribution in [-0.4, -0.2) is 37.5 Å². The molecule has 0 saturated heterocycles. The van der Waals surface area contributed by atoms with E-state index in [4.69, 9.17) is 11.6 Å². The molecule has 2 aromatic rings.